The van der Waals surface area contributed by atoms with E-state index in [1.165, 1.54) is 39.2 Å². The lowest BCUT2D eigenvalue weighted by Crippen LogP contribution is -2.20. The fraction of sp³-hybridized carbons (Fsp3) is 0.172. The van der Waals surface area contributed by atoms with E-state index >= 15 is 0 Å². The molecule has 1 aliphatic heterocycles. The third-order valence-electron chi connectivity index (χ3n) is 6.29. The van der Waals surface area contributed by atoms with Crippen LogP contribution in [0.25, 0.3) is 5.57 Å². The Hall–Kier alpha value is -3.32. The van der Waals surface area contributed by atoms with Gasteiger partial charge < -0.3 is 4.90 Å². The van der Waals surface area contributed by atoms with Gasteiger partial charge in [0.2, 0.25) is 0 Å². The molecule has 150 valence electrons. The number of benzene rings is 3. The van der Waals surface area contributed by atoms with Gasteiger partial charge in [0.05, 0.1) is 0 Å². The van der Waals surface area contributed by atoms with Crippen LogP contribution in [0, 0.1) is 6.92 Å². The summed E-state index contributed by atoms with van der Waals surface area (Å²) in [5.74, 6) is 0. The number of allylic oxidation sites excluding steroid dienone is 4. The van der Waals surface area contributed by atoms with Gasteiger partial charge in [-0.05, 0) is 41.3 Å². The van der Waals surface area contributed by atoms with Gasteiger partial charge in [-0.25, -0.2) is 0 Å². The van der Waals surface area contributed by atoms with Crippen molar-refractivity contribution in [3.05, 3.63) is 125 Å². The normalized spacial score (nSPS) is 13.2. The molecule has 4 rings (SSSR count). The molecule has 0 N–H and O–H groups in total. The number of hydrogen-bond acceptors (Lipinski definition) is 1. The Labute approximate surface area is 180 Å². The molecule has 3 aromatic rings. The molecule has 1 heteroatoms. The SMILES string of the molecule is C=C(/C=C/C=C1c2ccccc2N(C)c2ccccc21)C(C)(C)c1ccccc1C. The second-order valence-corrected chi connectivity index (χ2v) is 8.50. The Bertz CT molecular complexity index is 1110. The highest BCUT2D eigenvalue weighted by molar-refractivity contribution is 5.97. The van der Waals surface area contributed by atoms with E-state index in [4.69, 9.17) is 0 Å². The van der Waals surface area contributed by atoms with E-state index in [1.807, 2.05) is 0 Å². The predicted molar refractivity (Wildman–Crippen MR) is 131 cm³/mol. The van der Waals surface area contributed by atoms with Crippen molar-refractivity contribution < 1.29 is 0 Å². The summed E-state index contributed by atoms with van der Waals surface area (Å²) in [6.07, 6.45) is 6.53. The summed E-state index contributed by atoms with van der Waals surface area (Å²) in [4.78, 5) is 2.27. The Kier molecular flexibility index (Phi) is 5.22. The number of fused-ring (bicyclic) bond motifs is 2. The third-order valence-corrected chi connectivity index (χ3v) is 6.29. The average Bonchev–Trinajstić information content (AvgIpc) is 2.76. The van der Waals surface area contributed by atoms with Gasteiger partial charge in [0.1, 0.15) is 0 Å². The molecule has 30 heavy (non-hydrogen) atoms. The van der Waals surface area contributed by atoms with Crippen molar-refractivity contribution in [2.45, 2.75) is 26.2 Å². The van der Waals surface area contributed by atoms with Crippen molar-refractivity contribution in [1.82, 2.24) is 0 Å². The van der Waals surface area contributed by atoms with Crippen LogP contribution in [0.3, 0.4) is 0 Å². The molecule has 0 aromatic heterocycles. The van der Waals surface area contributed by atoms with Crippen LogP contribution in [-0.4, -0.2) is 7.05 Å². The van der Waals surface area contributed by atoms with Crippen molar-refractivity contribution in [3.63, 3.8) is 0 Å². The summed E-state index contributed by atoms with van der Waals surface area (Å²) in [5.41, 5.74) is 9.82. The van der Waals surface area contributed by atoms with Crippen LogP contribution in [0.2, 0.25) is 0 Å². The molecule has 3 aromatic carbocycles. The molecular formula is C29H29N. The summed E-state index contributed by atoms with van der Waals surface area (Å²) < 4.78 is 0. The average molecular weight is 392 g/mol. The molecular weight excluding hydrogens is 362 g/mol. The fourth-order valence-electron chi connectivity index (χ4n) is 4.36. The monoisotopic (exact) mass is 391 g/mol. The molecule has 0 atom stereocenters. The van der Waals surface area contributed by atoms with Crippen molar-refractivity contribution >= 4 is 16.9 Å². The van der Waals surface area contributed by atoms with E-state index in [2.05, 4.69) is 130 Å². The van der Waals surface area contributed by atoms with E-state index in [-0.39, 0.29) is 5.41 Å². The number of nitrogens with zero attached hydrogens (tertiary/aromatic N) is 1. The first kappa shape index (κ1) is 20.0. The lowest BCUT2D eigenvalue weighted by atomic mass is 9.76. The van der Waals surface area contributed by atoms with Crippen LogP contribution in [0.1, 0.15) is 36.1 Å². The number of rotatable bonds is 4. The summed E-state index contributed by atoms with van der Waals surface area (Å²) >= 11 is 0. The first-order valence-electron chi connectivity index (χ1n) is 10.5. The van der Waals surface area contributed by atoms with Crippen LogP contribution >= 0.6 is 0 Å². The minimum atomic E-state index is -0.122. The van der Waals surface area contributed by atoms with Gasteiger partial charge in [0, 0.05) is 35.0 Å². The minimum absolute atomic E-state index is 0.122. The highest BCUT2D eigenvalue weighted by Crippen LogP contribution is 2.44. The van der Waals surface area contributed by atoms with Crippen LogP contribution in [-0.2, 0) is 5.41 Å². The maximum atomic E-state index is 4.40. The zero-order valence-electron chi connectivity index (χ0n) is 18.3. The van der Waals surface area contributed by atoms with Crippen LogP contribution in [0.4, 0.5) is 11.4 Å². The van der Waals surface area contributed by atoms with Gasteiger partial charge in [-0.2, -0.15) is 0 Å². The van der Waals surface area contributed by atoms with E-state index in [0.29, 0.717) is 0 Å². The Morgan fingerprint density at radius 2 is 1.37 bits per heavy atom. The van der Waals surface area contributed by atoms with Crippen LogP contribution in [0.5, 0.6) is 0 Å². The fourth-order valence-corrected chi connectivity index (χ4v) is 4.36. The summed E-state index contributed by atoms with van der Waals surface area (Å²) in [5, 5.41) is 0. The van der Waals surface area contributed by atoms with Crippen molar-refractivity contribution in [1.29, 1.82) is 0 Å². The second-order valence-electron chi connectivity index (χ2n) is 8.50. The molecule has 0 spiro atoms. The highest BCUT2D eigenvalue weighted by Gasteiger charge is 2.25. The topological polar surface area (TPSA) is 3.24 Å². The van der Waals surface area contributed by atoms with Crippen LogP contribution < -0.4 is 4.90 Å². The predicted octanol–water partition coefficient (Wildman–Crippen LogP) is 7.60. The molecule has 0 amide bonds. The molecule has 0 saturated carbocycles. The number of anilines is 2. The van der Waals surface area contributed by atoms with Gasteiger partial charge in [-0.15, -0.1) is 0 Å². The van der Waals surface area contributed by atoms with Gasteiger partial charge in [0.25, 0.3) is 0 Å². The zero-order chi connectivity index (χ0) is 21.3. The molecule has 0 fully saturated rings. The van der Waals surface area contributed by atoms with E-state index < -0.39 is 0 Å². The smallest absolute Gasteiger partial charge is 0.0488 e. The molecule has 0 unspecified atom stereocenters. The zero-order valence-corrected chi connectivity index (χ0v) is 18.3. The van der Waals surface area contributed by atoms with Gasteiger partial charge in [0.15, 0.2) is 0 Å². The van der Waals surface area contributed by atoms with E-state index in [0.717, 1.165) is 5.57 Å². The Morgan fingerprint density at radius 3 is 1.97 bits per heavy atom. The lowest BCUT2D eigenvalue weighted by Gasteiger charge is -2.31. The Morgan fingerprint density at radius 1 is 0.833 bits per heavy atom. The summed E-state index contributed by atoms with van der Waals surface area (Å²) in [7, 11) is 2.14. The maximum absolute atomic E-state index is 4.40. The molecule has 0 bridgehead atoms. The summed E-state index contributed by atoms with van der Waals surface area (Å²) in [6.45, 7) is 11.1. The van der Waals surface area contributed by atoms with Crippen molar-refractivity contribution in [3.8, 4) is 0 Å². The lowest BCUT2D eigenvalue weighted by molar-refractivity contribution is 0.637. The van der Waals surface area contributed by atoms with Crippen molar-refractivity contribution in [2.24, 2.45) is 0 Å². The highest BCUT2D eigenvalue weighted by atomic mass is 15.1. The van der Waals surface area contributed by atoms with Crippen molar-refractivity contribution in [2.75, 3.05) is 11.9 Å². The second kappa shape index (κ2) is 7.84. The molecule has 0 radical (unpaired) electrons. The standard InChI is InChI=1S/C29H29N/c1-21-13-6-9-18-26(21)29(3,4)22(2)14-12-17-23-24-15-7-10-19-27(24)30(5)28-20-11-8-16-25(23)28/h6-20H,2H2,1,3-5H3/b14-12+. The van der Waals surface area contributed by atoms with E-state index in [9.17, 15) is 0 Å². The molecule has 1 nitrogen and oxygen atoms in total. The molecule has 0 saturated heterocycles. The van der Waals surface area contributed by atoms with Crippen LogP contribution in [0.15, 0.2) is 103 Å². The number of para-hydroxylation sites is 2. The minimum Gasteiger partial charge on any atom is -0.344 e. The maximum Gasteiger partial charge on any atom is 0.0488 e. The Balaban J connectivity index is 1.71. The first-order valence-corrected chi connectivity index (χ1v) is 10.5. The number of aryl methyl sites for hydroxylation is 1. The van der Waals surface area contributed by atoms with E-state index in [1.54, 1.807) is 0 Å². The summed E-state index contributed by atoms with van der Waals surface area (Å²) in [6, 6.07) is 25.8. The first-order chi connectivity index (χ1) is 14.4. The van der Waals surface area contributed by atoms with Gasteiger partial charge >= 0.3 is 0 Å². The van der Waals surface area contributed by atoms with Gasteiger partial charge in [-0.3, -0.25) is 0 Å². The van der Waals surface area contributed by atoms with Gasteiger partial charge in [-0.1, -0.05) is 99.3 Å². The molecule has 0 aliphatic carbocycles. The quantitative estimate of drug-likeness (QED) is 0.414. The largest absolute Gasteiger partial charge is 0.344 e. The molecule has 1 heterocycles. The third kappa shape index (κ3) is 3.41. The molecule has 1 aliphatic rings. The number of hydrogen-bond donors (Lipinski definition) is 0.